The maximum atomic E-state index is 4.54. The van der Waals surface area contributed by atoms with Gasteiger partial charge in [-0.1, -0.05) is 6.92 Å². The topological polar surface area (TPSA) is 67.1 Å². The lowest BCUT2D eigenvalue weighted by molar-refractivity contribution is 0.697. The van der Waals surface area contributed by atoms with Gasteiger partial charge in [-0.25, -0.2) is 4.99 Å². The number of nitrogens with zero attached hydrogens (tertiary/aromatic N) is 4. The van der Waals surface area contributed by atoms with Crippen molar-refractivity contribution in [1.29, 1.82) is 0 Å². The predicted octanol–water partition coefficient (Wildman–Crippen LogP) is 1.74. The molecule has 114 valence electrons. The molecule has 0 aromatic carbocycles. The van der Waals surface area contributed by atoms with E-state index in [2.05, 4.69) is 56.5 Å². The molecule has 0 spiro atoms. The van der Waals surface area contributed by atoms with E-state index in [-0.39, 0.29) is 0 Å². The van der Waals surface area contributed by atoms with Crippen LogP contribution in [0.3, 0.4) is 0 Å². The standard InChI is InChI=1S/C14H22N6S/c1-4-15-14(17-8-13-19-18-10-20(13)3)16-7-11(2)12-5-6-21-9-12/h5-6,9-11H,4,7-8H2,1-3H3,(H2,15,16,17). The van der Waals surface area contributed by atoms with E-state index >= 15 is 0 Å². The van der Waals surface area contributed by atoms with E-state index in [1.165, 1.54) is 5.56 Å². The number of rotatable bonds is 6. The van der Waals surface area contributed by atoms with Crippen LogP contribution < -0.4 is 10.6 Å². The Labute approximate surface area is 129 Å². The third-order valence-corrected chi connectivity index (χ3v) is 3.92. The summed E-state index contributed by atoms with van der Waals surface area (Å²) in [5, 5.41) is 18.8. The first-order chi connectivity index (χ1) is 10.2. The average Bonchev–Trinajstić information content (AvgIpc) is 3.13. The highest BCUT2D eigenvalue weighted by Gasteiger charge is 2.07. The van der Waals surface area contributed by atoms with Crippen molar-refractivity contribution in [3.63, 3.8) is 0 Å². The number of thiophene rings is 1. The van der Waals surface area contributed by atoms with Crippen molar-refractivity contribution in [1.82, 2.24) is 25.4 Å². The molecule has 0 aliphatic carbocycles. The first-order valence-electron chi connectivity index (χ1n) is 7.07. The minimum atomic E-state index is 0.454. The molecule has 0 radical (unpaired) electrons. The summed E-state index contributed by atoms with van der Waals surface area (Å²) in [5.41, 5.74) is 1.36. The van der Waals surface area contributed by atoms with Gasteiger partial charge >= 0.3 is 0 Å². The summed E-state index contributed by atoms with van der Waals surface area (Å²) in [6.45, 7) is 6.46. The van der Waals surface area contributed by atoms with Crippen LogP contribution in [0.15, 0.2) is 28.1 Å². The fourth-order valence-corrected chi connectivity index (χ4v) is 2.65. The second-order valence-corrected chi connectivity index (χ2v) is 5.67. The summed E-state index contributed by atoms with van der Waals surface area (Å²) in [6.07, 6.45) is 1.68. The second kappa shape index (κ2) is 7.78. The smallest absolute Gasteiger partial charge is 0.191 e. The lowest BCUT2D eigenvalue weighted by atomic mass is 10.1. The zero-order chi connectivity index (χ0) is 15.1. The van der Waals surface area contributed by atoms with Crippen LogP contribution in [0.2, 0.25) is 0 Å². The Morgan fingerprint density at radius 1 is 1.48 bits per heavy atom. The molecule has 0 aliphatic heterocycles. The van der Waals surface area contributed by atoms with Crippen LogP contribution in [0.5, 0.6) is 0 Å². The zero-order valence-electron chi connectivity index (χ0n) is 12.7. The van der Waals surface area contributed by atoms with Crippen molar-refractivity contribution in [2.45, 2.75) is 26.3 Å². The molecular weight excluding hydrogens is 284 g/mol. The Morgan fingerprint density at radius 3 is 2.95 bits per heavy atom. The first-order valence-corrected chi connectivity index (χ1v) is 8.02. The van der Waals surface area contributed by atoms with Gasteiger partial charge in [-0.15, -0.1) is 10.2 Å². The van der Waals surface area contributed by atoms with Gasteiger partial charge in [-0.3, -0.25) is 0 Å². The van der Waals surface area contributed by atoms with Crippen molar-refractivity contribution in [3.05, 3.63) is 34.5 Å². The first kappa shape index (κ1) is 15.5. The Hall–Kier alpha value is -1.89. The van der Waals surface area contributed by atoms with Gasteiger partial charge in [0.2, 0.25) is 0 Å². The predicted molar refractivity (Wildman–Crippen MR) is 86.6 cm³/mol. The number of hydrogen-bond donors (Lipinski definition) is 2. The Bertz CT molecular complexity index is 560. The molecule has 0 amide bonds. The number of aryl methyl sites for hydroxylation is 1. The van der Waals surface area contributed by atoms with Gasteiger partial charge in [0.05, 0.1) is 0 Å². The Morgan fingerprint density at radius 2 is 2.33 bits per heavy atom. The van der Waals surface area contributed by atoms with Gasteiger partial charge in [0, 0.05) is 20.1 Å². The molecule has 2 heterocycles. The molecule has 2 rings (SSSR count). The quantitative estimate of drug-likeness (QED) is 0.630. The number of aliphatic imine (C=N–C) groups is 1. The van der Waals surface area contributed by atoms with Crippen LogP contribution >= 0.6 is 11.3 Å². The molecule has 0 saturated heterocycles. The molecule has 2 aromatic rings. The third kappa shape index (κ3) is 4.56. The van der Waals surface area contributed by atoms with E-state index in [0.717, 1.165) is 24.9 Å². The van der Waals surface area contributed by atoms with Crippen molar-refractivity contribution in [2.24, 2.45) is 12.0 Å². The van der Waals surface area contributed by atoms with Crippen molar-refractivity contribution in [2.75, 3.05) is 13.1 Å². The number of hydrogen-bond acceptors (Lipinski definition) is 4. The van der Waals surface area contributed by atoms with E-state index < -0.39 is 0 Å². The monoisotopic (exact) mass is 306 g/mol. The van der Waals surface area contributed by atoms with Crippen molar-refractivity contribution < 1.29 is 0 Å². The van der Waals surface area contributed by atoms with Crippen LogP contribution in [0, 0.1) is 0 Å². The van der Waals surface area contributed by atoms with Gasteiger partial charge in [-0.2, -0.15) is 11.3 Å². The highest BCUT2D eigenvalue weighted by molar-refractivity contribution is 7.07. The van der Waals surface area contributed by atoms with E-state index in [9.17, 15) is 0 Å². The van der Waals surface area contributed by atoms with Crippen molar-refractivity contribution in [3.8, 4) is 0 Å². The molecular formula is C14H22N6S. The summed E-state index contributed by atoms with van der Waals surface area (Å²) in [6, 6.07) is 2.17. The molecule has 0 saturated carbocycles. The molecule has 1 atom stereocenters. The van der Waals surface area contributed by atoms with Gasteiger partial charge in [0.25, 0.3) is 0 Å². The van der Waals surface area contributed by atoms with E-state index in [4.69, 9.17) is 0 Å². The highest BCUT2D eigenvalue weighted by Crippen LogP contribution is 2.16. The number of nitrogens with one attached hydrogen (secondary N) is 2. The summed E-state index contributed by atoms with van der Waals surface area (Å²) >= 11 is 1.73. The van der Waals surface area contributed by atoms with Crippen molar-refractivity contribution >= 4 is 17.3 Å². The van der Waals surface area contributed by atoms with E-state index in [0.29, 0.717) is 12.5 Å². The molecule has 21 heavy (non-hydrogen) atoms. The molecule has 1 unspecified atom stereocenters. The summed E-state index contributed by atoms with van der Waals surface area (Å²) in [5.74, 6) is 2.11. The summed E-state index contributed by atoms with van der Waals surface area (Å²) < 4.78 is 1.88. The van der Waals surface area contributed by atoms with Crippen LogP contribution in [0.4, 0.5) is 0 Å². The minimum absolute atomic E-state index is 0.454. The molecule has 0 bridgehead atoms. The maximum absolute atomic E-state index is 4.54. The third-order valence-electron chi connectivity index (χ3n) is 3.22. The summed E-state index contributed by atoms with van der Waals surface area (Å²) in [7, 11) is 1.92. The van der Waals surface area contributed by atoms with E-state index in [1.54, 1.807) is 17.7 Å². The van der Waals surface area contributed by atoms with Crippen LogP contribution in [-0.4, -0.2) is 33.8 Å². The Kier molecular flexibility index (Phi) is 5.74. The number of aromatic nitrogens is 3. The zero-order valence-corrected chi connectivity index (χ0v) is 13.5. The largest absolute Gasteiger partial charge is 0.357 e. The van der Waals surface area contributed by atoms with Crippen LogP contribution in [-0.2, 0) is 13.6 Å². The summed E-state index contributed by atoms with van der Waals surface area (Å²) in [4.78, 5) is 4.54. The van der Waals surface area contributed by atoms with Gasteiger partial charge in [0.15, 0.2) is 11.8 Å². The second-order valence-electron chi connectivity index (χ2n) is 4.89. The van der Waals surface area contributed by atoms with E-state index in [1.807, 2.05) is 11.6 Å². The van der Waals surface area contributed by atoms with Crippen LogP contribution in [0.25, 0.3) is 0 Å². The maximum Gasteiger partial charge on any atom is 0.191 e. The SMILES string of the molecule is CCNC(=NCc1nncn1C)NCC(C)c1ccsc1. The molecule has 6 nitrogen and oxygen atoms in total. The lowest BCUT2D eigenvalue weighted by Gasteiger charge is -2.15. The minimum Gasteiger partial charge on any atom is -0.357 e. The van der Waals surface area contributed by atoms with Crippen LogP contribution in [0.1, 0.15) is 31.2 Å². The van der Waals surface area contributed by atoms with Gasteiger partial charge in [-0.05, 0) is 35.2 Å². The normalized spacial score (nSPS) is 13.2. The molecule has 7 heteroatoms. The lowest BCUT2D eigenvalue weighted by Crippen LogP contribution is -2.39. The van der Waals surface area contributed by atoms with Gasteiger partial charge in [0.1, 0.15) is 12.9 Å². The van der Waals surface area contributed by atoms with Gasteiger partial charge < -0.3 is 15.2 Å². The average molecular weight is 306 g/mol. The highest BCUT2D eigenvalue weighted by atomic mass is 32.1. The molecule has 0 aliphatic rings. The molecule has 2 N–H and O–H groups in total. The number of guanidine groups is 1. The fourth-order valence-electron chi connectivity index (χ4n) is 1.86. The molecule has 2 aromatic heterocycles. The Balaban J connectivity index is 1.90. The fraction of sp³-hybridized carbons (Fsp3) is 0.500. The molecule has 0 fully saturated rings.